The highest BCUT2D eigenvalue weighted by molar-refractivity contribution is 4.94. The van der Waals surface area contributed by atoms with Crippen LogP contribution in [0.4, 0.5) is 0 Å². The van der Waals surface area contributed by atoms with Crippen molar-refractivity contribution in [3.05, 3.63) is 0 Å². The van der Waals surface area contributed by atoms with Gasteiger partial charge in [-0.15, -0.1) is 0 Å². The number of hydrogen-bond acceptors (Lipinski definition) is 3. The fourth-order valence-electron chi connectivity index (χ4n) is 1.69. The third kappa shape index (κ3) is 4.07. The van der Waals surface area contributed by atoms with Gasteiger partial charge < -0.3 is 10.2 Å². The Kier molecular flexibility index (Phi) is 6.29. The van der Waals surface area contributed by atoms with Crippen molar-refractivity contribution in [2.24, 2.45) is 0 Å². The minimum atomic E-state index is 0.323. The molecule has 3 nitrogen and oxygen atoms in total. The fourth-order valence-corrected chi connectivity index (χ4v) is 1.69. The zero-order valence-corrected chi connectivity index (χ0v) is 9.78. The van der Waals surface area contributed by atoms with E-state index in [2.05, 4.69) is 36.6 Å². The molecule has 1 aliphatic heterocycles. The molecule has 0 aromatic heterocycles. The molecule has 1 aliphatic rings. The van der Waals surface area contributed by atoms with Crippen LogP contribution < -0.4 is 10.6 Å². The Morgan fingerprint density at radius 3 is 2.23 bits per heavy atom. The molecule has 1 rings (SSSR count). The molecule has 0 amide bonds. The van der Waals surface area contributed by atoms with Crippen molar-refractivity contribution in [2.45, 2.75) is 32.7 Å². The molecule has 0 saturated carbocycles. The second kappa shape index (κ2) is 6.35. The zero-order valence-electron chi connectivity index (χ0n) is 9.78. The SMILES string of the molecule is CC.CCC1(CN(C)C)CNCN1. The Labute approximate surface area is 82.9 Å². The highest BCUT2D eigenvalue weighted by Crippen LogP contribution is 2.12. The molecule has 1 heterocycles. The van der Waals surface area contributed by atoms with Crippen LogP contribution in [0.3, 0.4) is 0 Å². The fraction of sp³-hybridized carbons (Fsp3) is 1.00. The highest BCUT2D eigenvalue weighted by atomic mass is 15.2. The molecule has 3 heteroatoms. The third-order valence-corrected chi connectivity index (χ3v) is 2.35. The Bertz CT molecular complexity index is 117. The Morgan fingerprint density at radius 2 is 1.92 bits per heavy atom. The summed E-state index contributed by atoms with van der Waals surface area (Å²) >= 11 is 0. The lowest BCUT2D eigenvalue weighted by Crippen LogP contribution is -2.49. The molecule has 1 unspecified atom stereocenters. The van der Waals surface area contributed by atoms with E-state index in [-0.39, 0.29) is 0 Å². The van der Waals surface area contributed by atoms with Gasteiger partial charge in [-0.25, -0.2) is 0 Å². The second-order valence-corrected chi connectivity index (χ2v) is 3.65. The summed E-state index contributed by atoms with van der Waals surface area (Å²) < 4.78 is 0. The first-order valence-electron chi connectivity index (χ1n) is 5.29. The quantitative estimate of drug-likeness (QED) is 0.686. The Balaban J connectivity index is 0.000000671. The lowest BCUT2D eigenvalue weighted by Gasteiger charge is -2.30. The normalized spacial score (nSPS) is 27.2. The molecule has 1 atom stereocenters. The van der Waals surface area contributed by atoms with Gasteiger partial charge in [0, 0.05) is 25.3 Å². The van der Waals surface area contributed by atoms with Gasteiger partial charge in [0.1, 0.15) is 0 Å². The first-order chi connectivity index (χ1) is 6.18. The second-order valence-electron chi connectivity index (χ2n) is 3.65. The molecular formula is C10H25N3. The number of rotatable bonds is 3. The summed E-state index contributed by atoms with van der Waals surface area (Å²) in [4.78, 5) is 2.24. The largest absolute Gasteiger partial charge is 0.308 e. The topological polar surface area (TPSA) is 27.3 Å². The summed E-state index contributed by atoms with van der Waals surface area (Å²) in [6, 6.07) is 0. The molecule has 0 spiro atoms. The van der Waals surface area contributed by atoms with Crippen LogP contribution in [0.2, 0.25) is 0 Å². The van der Waals surface area contributed by atoms with E-state index in [0.29, 0.717) is 5.54 Å². The maximum Gasteiger partial charge on any atom is 0.0460 e. The van der Waals surface area contributed by atoms with Crippen LogP contribution in [0.25, 0.3) is 0 Å². The maximum atomic E-state index is 3.50. The smallest absolute Gasteiger partial charge is 0.0460 e. The van der Waals surface area contributed by atoms with Crippen LogP contribution in [0.5, 0.6) is 0 Å². The first-order valence-corrected chi connectivity index (χ1v) is 5.29. The molecule has 80 valence electrons. The molecule has 0 bridgehead atoms. The van der Waals surface area contributed by atoms with Gasteiger partial charge in [-0.2, -0.15) is 0 Å². The molecule has 0 aliphatic carbocycles. The van der Waals surface area contributed by atoms with Crippen molar-refractivity contribution < 1.29 is 0 Å². The molecule has 13 heavy (non-hydrogen) atoms. The average molecular weight is 187 g/mol. The maximum absolute atomic E-state index is 3.50. The van der Waals surface area contributed by atoms with E-state index in [1.165, 1.54) is 6.42 Å². The van der Waals surface area contributed by atoms with E-state index in [4.69, 9.17) is 0 Å². The summed E-state index contributed by atoms with van der Waals surface area (Å²) in [5, 5.41) is 6.83. The van der Waals surface area contributed by atoms with Gasteiger partial charge in [0.25, 0.3) is 0 Å². The average Bonchev–Trinajstić information content (AvgIpc) is 2.56. The van der Waals surface area contributed by atoms with E-state index in [1.54, 1.807) is 0 Å². The summed E-state index contributed by atoms with van der Waals surface area (Å²) in [6.45, 7) is 9.42. The van der Waals surface area contributed by atoms with E-state index in [0.717, 1.165) is 19.8 Å². The van der Waals surface area contributed by atoms with Crippen LogP contribution >= 0.6 is 0 Å². The van der Waals surface area contributed by atoms with Crippen molar-refractivity contribution in [3.63, 3.8) is 0 Å². The molecule has 0 radical (unpaired) electrons. The Hall–Kier alpha value is -0.120. The summed E-state index contributed by atoms with van der Waals surface area (Å²) in [6.07, 6.45) is 1.19. The van der Waals surface area contributed by atoms with Crippen LogP contribution in [0.1, 0.15) is 27.2 Å². The van der Waals surface area contributed by atoms with Crippen molar-refractivity contribution in [1.82, 2.24) is 15.5 Å². The third-order valence-electron chi connectivity index (χ3n) is 2.35. The van der Waals surface area contributed by atoms with Crippen molar-refractivity contribution in [3.8, 4) is 0 Å². The standard InChI is InChI=1S/C8H19N3.C2H6/c1-4-8(6-11(2)3)5-9-7-10-8;1-2/h9-10H,4-7H2,1-3H3;1-2H3. The first kappa shape index (κ1) is 12.9. The van der Waals surface area contributed by atoms with Crippen LogP contribution in [-0.2, 0) is 0 Å². The van der Waals surface area contributed by atoms with E-state index in [9.17, 15) is 0 Å². The summed E-state index contributed by atoms with van der Waals surface area (Å²) in [5.41, 5.74) is 0.323. The molecular weight excluding hydrogens is 162 g/mol. The van der Waals surface area contributed by atoms with Crippen LogP contribution in [-0.4, -0.2) is 44.3 Å². The predicted octanol–water partition coefficient (Wildman–Crippen LogP) is 0.873. The van der Waals surface area contributed by atoms with Crippen molar-refractivity contribution in [2.75, 3.05) is 33.9 Å². The van der Waals surface area contributed by atoms with Gasteiger partial charge in [0.05, 0.1) is 0 Å². The lowest BCUT2D eigenvalue weighted by atomic mass is 9.97. The Morgan fingerprint density at radius 1 is 1.31 bits per heavy atom. The monoisotopic (exact) mass is 187 g/mol. The van der Waals surface area contributed by atoms with E-state index in [1.807, 2.05) is 13.8 Å². The van der Waals surface area contributed by atoms with Gasteiger partial charge in [-0.1, -0.05) is 20.8 Å². The van der Waals surface area contributed by atoms with E-state index < -0.39 is 0 Å². The zero-order chi connectivity index (χ0) is 10.3. The molecule has 0 aromatic rings. The van der Waals surface area contributed by atoms with Gasteiger partial charge in [0.2, 0.25) is 0 Å². The molecule has 1 fully saturated rings. The molecule has 2 N–H and O–H groups in total. The lowest BCUT2D eigenvalue weighted by molar-refractivity contribution is 0.262. The molecule has 0 aromatic carbocycles. The minimum Gasteiger partial charge on any atom is -0.308 e. The highest BCUT2D eigenvalue weighted by Gasteiger charge is 2.31. The molecule has 1 saturated heterocycles. The minimum absolute atomic E-state index is 0.323. The number of likely N-dealkylation sites (N-methyl/N-ethyl adjacent to an activating group) is 1. The van der Waals surface area contributed by atoms with E-state index >= 15 is 0 Å². The summed E-state index contributed by atoms with van der Waals surface area (Å²) in [7, 11) is 4.24. The van der Waals surface area contributed by atoms with Gasteiger partial charge in [-0.3, -0.25) is 5.32 Å². The van der Waals surface area contributed by atoms with Gasteiger partial charge >= 0.3 is 0 Å². The number of nitrogens with one attached hydrogen (secondary N) is 2. The van der Waals surface area contributed by atoms with Crippen LogP contribution in [0.15, 0.2) is 0 Å². The van der Waals surface area contributed by atoms with Gasteiger partial charge in [0.15, 0.2) is 0 Å². The summed E-state index contributed by atoms with van der Waals surface area (Å²) in [5.74, 6) is 0. The van der Waals surface area contributed by atoms with Crippen molar-refractivity contribution >= 4 is 0 Å². The van der Waals surface area contributed by atoms with Crippen molar-refractivity contribution in [1.29, 1.82) is 0 Å². The number of hydrogen-bond donors (Lipinski definition) is 2. The number of nitrogens with zero attached hydrogens (tertiary/aromatic N) is 1. The van der Waals surface area contributed by atoms with Crippen LogP contribution in [0, 0.1) is 0 Å². The predicted molar refractivity (Wildman–Crippen MR) is 58.9 cm³/mol. The van der Waals surface area contributed by atoms with Gasteiger partial charge in [-0.05, 0) is 20.5 Å².